The van der Waals surface area contributed by atoms with Crippen LogP contribution in [-0.2, 0) is 19.1 Å². The van der Waals surface area contributed by atoms with E-state index in [-0.39, 0.29) is 6.54 Å². The molecular weight excluding hydrogens is 367 g/mol. The molecule has 7 heteroatoms. The average molecular weight is 385 g/mol. The zero-order valence-corrected chi connectivity index (χ0v) is 15.2. The Kier molecular flexibility index (Phi) is 4.66. The summed E-state index contributed by atoms with van der Waals surface area (Å²) in [6, 6.07) is 15.0. The van der Waals surface area contributed by atoms with Gasteiger partial charge in [0, 0.05) is 23.9 Å². The van der Waals surface area contributed by atoms with Gasteiger partial charge < -0.3 is 8.98 Å². The Balaban J connectivity index is 1.79. The molecule has 0 saturated carbocycles. The highest BCUT2D eigenvalue weighted by atomic mass is 19.4. The van der Waals surface area contributed by atoms with Gasteiger partial charge in [-0.2, -0.15) is 13.2 Å². The Hall–Kier alpha value is -3.09. The van der Waals surface area contributed by atoms with Crippen molar-refractivity contribution < 1.29 is 17.6 Å². The van der Waals surface area contributed by atoms with E-state index < -0.39 is 11.7 Å². The fraction of sp³-hybridized carbons (Fsp3) is 0.238. The van der Waals surface area contributed by atoms with E-state index in [1.165, 1.54) is 12.1 Å². The van der Waals surface area contributed by atoms with Crippen LogP contribution < -0.4 is 0 Å². The van der Waals surface area contributed by atoms with Crippen molar-refractivity contribution >= 4 is 10.9 Å². The van der Waals surface area contributed by atoms with Crippen LogP contribution in [0.3, 0.4) is 0 Å². The van der Waals surface area contributed by atoms with Crippen molar-refractivity contribution in [3.63, 3.8) is 0 Å². The smallest absolute Gasteiger partial charge is 0.416 e. The van der Waals surface area contributed by atoms with Gasteiger partial charge in [0.15, 0.2) is 0 Å². The normalized spacial score (nSPS) is 12.0. The number of nitrogens with zero attached hydrogens (tertiary/aromatic N) is 3. The van der Waals surface area contributed by atoms with E-state index in [1.54, 1.807) is 6.07 Å². The van der Waals surface area contributed by atoms with Gasteiger partial charge in [-0.15, -0.1) is 10.2 Å². The van der Waals surface area contributed by atoms with Crippen molar-refractivity contribution in [3.8, 4) is 11.6 Å². The van der Waals surface area contributed by atoms with Crippen LogP contribution in [0.5, 0.6) is 0 Å². The topological polar surface area (TPSA) is 43.9 Å². The highest BCUT2D eigenvalue weighted by Gasteiger charge is 2.30. The molecule has 2 heterocycles. The minimum Gasteiger partial charge on any atom is -0.419 e. The van der Waals surface area contributed by atoms with E-state index in [9.17, 15) is 13.2 Å². The maximum absolute atomic E-state index is 13.1. The predicted molar refractivity (Wildman–Crippen MR) is 99.8 cm³/mol. The molecule has 0 amide bonds. The van der Waals surface area contributed by atoms with Crippen molar-refractivity contribution in [3.05, 3.63) is 71.6 Å². The second-order valence-corrected chi connectivity index (χ2v) is 6.62. The Morgan fingerprint density at radius 3 is 2.61 bits per heavy atom. The standard InChI is InChI=1S/C21H18F3N3O/c1-2-6-19-25-26-20(28-19)18-12-15-8-3-4-10-17(15)27(18)13-14-7-5-9-16(11-14)21(22,23)24/h3-5,7-12H,2,6,13H2,1H3. The van der Waals surface area contributed by atoms with Gasteiger partial charge in [-0.25, -0.2) is 0 Å². The second-order valence-electron chi connectivity index (χ2n) is 6.62. The number of hydrogen-bond donors (Lipinski definition) is 0. The van der Waals surface area contributed by atoms with Crippen LogP contribution >= 0.6 is 0 Å². The molecule has 0 unspecified atom stereocenters. The number of aromatic nitrogens is 3. The minimum atomic E-state index is -4.38. The lowest BCUT2D eigenvalue weighted by Crippen LogP contribution is -2.07. The molecule has 0 N–H and O–H groups in total. The summed E-state index contributed by atoms with van der Waals surface area (Å²) in [6.07, 6.45) is -2.81. The molecule has 144 valence electrons. The molecule has 4 nitrogen and oxygen atoms in total. The minimum absolute atomic E-state index is 0.262. The van der Waals surface area contributed by atoms with Gasteiger partial charge in [0.1, 0.15) is 5.69 Å². The lowest BCUT2D eigenvalue weighted by atomic mass is 10.1. The molecule has 0 atom stereocenters. The molecule has 0 bridgehead atoms. The predicted octanol–water partition coefficient (Wildman–Crippen LogP) is 5.71. The maximum Gasteiger partial charge on any atom is 0.416 e. The zero-order valence-electron chi connectivity index (χ0n) is 15.2. The number of rotatable bonds is 5. The molecule has 4 rings (SSSR count). The maximum atomic E-state index is 13.1. The molecule has 2 aromatic carbocycles. The lowest BCUT2D eigenvalue weighted by Gasteiger charge is -2.12. The third kappa shape index (κ3) is 3.52. The average Bonchev–Trinajstić information content (AvgIpc) is 3.27. The molecule has 0 radical (unpaired) electrons. The number of aryl methyl sites for hydroxylation is 1. The highest BCUT2D eigenvalue weighted by Crippen LogP contribution is 2.32. The van der Waals surface area contributed by atoms with E-state index in [0.29, 0.717) is 29.5 Å². The number of benzene rings is 2. The first-order valence-electron chi connectivity index (χ1n) is 9.03. The Bertz CT molecular complexity index is 1110. The Morgan fingerprint density at radius 2 is 1.82 bits per heavy atom. The lowest BCUT2D eigenvalue weighted by molar-refractivity contribution is -0.137. The fourth-order valence-electron chi connectivity index (χ4n) is 3.26. The molecule has 0 saturated heterocycles. The highest BCUT2D eigenvalue weighted by molar-refractivity contribution is 5.85. The molecule has 4 aromatic rings. The Labute approximate surface area is 159 Å². The van der Waals surface area contributed by atoms with Crippen molar-refractivity contribution in [2.75, 3.05) is 0 Å². The molecule has 0 aliphatic rings. The monoisotopic (exact) mass is 385 g/mol. The summed E-state index contributed by atoms with van der Waals surface area (Å²) >= 11 is 0. The summed E-state index contributed by atoms with van der Waals surface area (Å²) in [5.74, 6) is 0.917. The van der Waals surface area contributed by atoms with Gasteiger partial charge in [-0.3, -0.25) is 0 Å². The van der Waals surface area contributed by atoms with E-state index in [4.69, 9.17) is 4.42 Å². The van der Waals surface area contributed by atoms with Crippen molar-refractivity contribution in [2.24, 2.45) is 0 Å². The molecular formula is C21H18F3N3O. The summed E-state index contributed by atoms with van der Waals surface area (Å²) in [7, 11) is 0. The van der Waals surface area contributed by atoms with Crippen LogP contribution in [0.4, 0.5) is 13.2 Å². The van der Waals surface area contributed by atoms with Gasteiger partial charge in [-0.05, 0) is 36.2 Å². The van der Waals surface area contributed by atoms with Crippen molar-refractivity contribution in [2.45, 2.75) is 32.5 Å². The number of para-hydroxylation sites is 1. The van der Waals surface area contributed by atoms with E-state index in [0.717, 1.165) is 23.4 Å². The van der Waals surface area contributed by atoms with Crippen LogP contribution in [-0.4, -0.2) is 14.8 Å². The zero-order chi connectivity index (χ0) is 19.7. The largest absolute Gasteiger partial charge is 0.419 e. The van der Waals surface area contributed by atoms with Gasteiger partial charge in [0.05, 0.1) is 5.56 Å². The number of fused-ring (bicyclic) bond motifs is 1. The van der Waals surface area contributed by atoms with E-state index >= 15 is 0 Å². The van der Waals surface area contributed by atoms with Gasteiger partial charge in [0.25, 0.3) is 5.89 Å². The summed E-state index contributed by atoms with van der Waals surface area (Å²) in [6.45, 7) is 2.28. The summed E-state index contributed by atoms with van der Waals surface area (Å²) in [5.41, 5.74) is 1.47. The first-order chi connectivity index (χ1) is 13.5. The molecule has 0 fully saturated rings. The van der Waals surface area contributed by atoms with Crippen molar-refractivity contribution in [1.82, 2.24) is 14.8 Å². The summed E-state index contributed by atoms with van der Waals surface area (Å²) < 4.78 is 46.9. The van der Waals surface area contributed by atoms with Gasteiger partial charge in [-0.1, -0.05) is 37.3 Å². The van der Waals surface area contributed by atoms with Gasteiger partial charge in [0.2, 0.25) is 5.89 Å². The summed E-state index contributed by atoms with van der Waals surface area (Å²) in [5, 5.41) is 9.17. The fourth-order valence-corrected chi connectivity index (χ4v) is 3.26. The van der Waals surface area contributed by atoms with Crippen molar-refractivity contribution in [1.29, 1.82) is 0 Å². The van der Waals surface area contributed by atoms with E-state index in [1.807, 2.05) is 41.8 Å². The van der Waals surface area contributed by atoms with Gasteiger partial charge >= 0.3 is 6.18 Å². The van der Waals surface area contributed by atoms with Crippen LogP contribution in [0, 0.1) is 0 Å². The molecule has 28 heavy (non-hydrogen) atoms. The first-order valence-corrected chi connectivity index (χ1v) is 9.03. The van der Waals surface area contributed by atoms with Crippen LogP contribution in [0.25, 0.3) is 22.5 Å². The number of alkyl halides is 3. The molecule has 2 aromatic heterocycles. The SMILES string of the molecule is CCCc1nnc(-c2cc3ccccc3n2Cc2cccc(C(F)(F)F)c2)o1. The van der Waals surface area contributed by atoms with Crippen LogP contribution in [0.1, 0.15) is 30.4 Å². The Morgan fingerprint density at radius 1 is 1.00 bits per heavy atom. The molecule has 0 aliphatic carbocycles. The first kappa shape index (κ1) is 18.3. The quantitative estimate of drug-likeness (QED) is 0.442. The summed E-state index contributed by atoms with van der Waals surface area (Å²) in [4.78, 5) is 0. The number of hydrogen-bond acceptors (Lipinski definition) is 3. The number of halogens is 3. The van der Waals surface area contributed by atoms with Crippen LogP contribution in [0.15, 0.2) is 59.0 Å². The van der Waals surface area contributed by atoms with Crippen LogP contribution in [0.2, 0.25) is 0 Å². The second kappa shape index (κ2) is 7.14. The van der Waals surface area contributed by atoms with E-state index in [2.05, 4.69) is 10.2 Å². The molecule has 0 aliphatic heterocycles. The third-order valence-electron chi connectivity index (χ3n) is 4.56. The third-order valence-corrected chi connectivity index (χ3v) is 4.56. The molecule has 0 spiro atoms.